The van der Waals surface area contributed by atoms with Gasteiger partial charge in [0.05, 0.1) is 0 Å². The number of amides is 1. The molecule has 1 unspecified atom stereocenters. The van der Waals surface area contributed by atoms with Gasteiger partial charge in [-0.25, -0.2) is 4.79 Å². The Balaban J connectivity index is 2.28. The summed E-state index contributed by atoms with van der Waals surface area (Å²) < 4.78 is 0. The van der Waals surface area contributed by atoms with E-state index in [0.717, 1.165) is 25.0 Å². The van der Waals surface area contributed by atoms with Crippen molar-refractivity contribution in [3.05, 3.63) is 12.2 Å². The zero-order chi connectivity index (χ0) is 10.6. The molecular weight excluding hydrogens is 182 g/mol. The molecule has 0 saturated heterocycles. The number of carbonyl (C=O) groups is 2. The molecule has 2 N–H and O–H groups in total. The fourth-order valence-electron chi connectivity index (χ4n) is 1.48. The predicted molar refractivity (Wildman–Crippen MR) is 51.7 cm³/mol. The van der Waals surface area contributed by atoms with Crippen LogP contribution in [0.1, 0.15) is 26.2 Å². The molecule has 0 heterocycles. The van der Waals surface area contributed by atoms with Crippen molar-refractivity contribution in [3.63, 3.8) is 0 Å². The van der Waals surface area contributed by atoms with Crippen molar-refractivity contribution in [2.24, 2.45) is 5.92 Å². The largest absolute Gasteiger partial charge is 0.478 e. The maximum atomic E-state index is 11.1. The summed E-state index contributed by atoms with van der Waals surface area (Å²) in [5.74, 6) is -0.861. The molecule has 0 radical (unpaired) electrons. The van der Waals surface area contributed by atoms with Crippen molar-refractivity contribution in [1.29, 1.82) is 0 Å². The number of hydrogen-bond acceptors (Lipinski definition) is 2. The monoisotopic (exact) mass is 197 g/mol. The van der Waals surface area contributed by atoms with Crippen LogP contribution in [0.15, 0.2) is 12.2 Å². The molecule has 0 bridgehead atoms. The third-order valence-corrected chi connectivity index (χ3v) is 2.60. The molecule has 0 aromatic heterocycles. The summed E-state index contributed by atoms with van der Waals surface area (Å²) in [4.78, 5) is 21.3. The Bertz CT molecular complexity index is 256. The van der Waals surface area contributed by atoms with Gasteiger partial charge in [-0.15, -0.1) is 0 Å². The van der Waals surface area contributed by atoms with Crippen molar-refractivity contribution in [1.82, 2.24) is 5.32 Å². The lowest BCUT2D eigenvalue weighted by Gasteiger charge is -2.31. The Morgan fingerprint density at radius 1 is 1.43 bits per heavy atom. The number of carboxylic acids is 1. The molecule has 1 aliphatic rings. The number of carbonyl (C=O) groups excluding carboxylic acids is 1. The van der Waals surface area contributed by atoms with Gasteiger partial charge in [0.25, 0.3) is 0 Å². The number of hydrogen-bond donors (Lipinski definition) is 2. The van der Waals surface area contributed by atoms with E-state index in [1.165, 1.54) is 6.42 Å². The first-order valence-corrected chi connectivity index (χ1v) is 4.81. The maximum absolute atomic E-state index is 11.1. The molecule has 1 rings (SSSR count). The number of aliphatic carboxylic acids is 1. The van der Waals surface area contributed by atoms with Crippen LogP contribution < -0.4 is 5.32 Å². The lowest BCUT2D eigenvalue weighted by molar-refractivity contribution is -0.131. The molecule has 1 saturated carbocycles. The number of nitrogens with one attached hydrogen (secondary N) is 1. The number of carboxylic acid groups (broad SMARTS) is 1. The van der Waals surface area contributed by atoms with Crippen LogP contribution in [0.25, 0.3) is 0 Å². The number of rotatable bonds is 4. The van der Waals surface area contributed by atoms with Crippen molar-refractivity contribution in [2.75, 3.05) is 0 Å². The normalized spacial score (nSPS) is 18.9. The molecule has 0 aromatic carbocycles. The van der Waals surface area contributed by atoms with E-state index >= 15 is 0 Å². The molecule has 0 aliphatic heterocycles. The minimum Gasteiger partial charge on any atom is -0.478 e. The van der Waals surface area contributed by atoms with Crippen LogP contribution in [0.5, 0.6) is 0 Å². The van der Waals surface area contributed by atoms with E-state index < -0.39 is 5.97 Å². The second-order valence-electron chi connectivity index (χ2n) is 3.66. The second kappa shape index (κ2) is 4.79. The van der Waals surface area contributed by atoms with Gasteiger partial charge in [0, 0.05) is 18.2 Å². The van der Waals surface area contributed by atoms with Gasteiger partial charge in [-0.2, -0.15) is 0 Å². The first-order valence-electron chi connectivity index (χ1n) is 4.81. The third-order valence-electron chi connectivity index (χ3n) is 2.60. The summed E-state index contributed by atoms with van der Waals surface area (Å²) in [6, 6.07) is 0.148. The predicted octanol–water partition coefficient (Wildman–Crippen LogP) is 0.932. The minimum absolute atomic E-state index is 0.148. The summed E-state index contributed by atoms with van der Waals surface area (Å²) in [6.45, 7) is 1.95. The summed E-state index contributed by atoms with van der Waals surface area (Å²) in [7, 11) is 0. The molecule has 14 heavy (non-hydrogen) atoms. The van der Waals surface area contributed by atoms with Crippen LogP contribution in [0.4, 0.5) is 0 Å². The highest BCUT2D eigenvalue weighted by Crippen LogP contribution is 2.29. The Morgan fingerprint density at radius 2 is 2.07 bits per heavy atom. The van der Waals surface area contributed by atoms with Crippen LogP contribution in [-0.4, -0.2) is 23.0 Å². The lowest BCUT2D eigenvalue weighted by Crippen LogP contribution is -2.39. The van der Waals surface area contributed by atoms with E-state index in [9.17, 15) is 9.59 Å². The Morgan fingerprint density at radius 3 is 2.50 bits per heavy atom. The van der Waals surface area contributed by atoms with Crippen molar-refractivity contribution in [2.45, 2.75) is 32.2 Å². The SMILES string of the molecule is CC(NC(=O)/C=C/C(=O)O)C1CCC1. The van der Waals surface area contributed by atoms with Crippen LogP contribution in [-0.2, 0) is 9.59 Å². The van der Waals surface area contributed by atoms with Crippen molar-refractivity contribution in [3.8, 4) is 0 Å². The first-order chi connectivity index (χ1) is 6.59. The van der Waals surface area contributed by atoms with Gasteiger partial charge in [0.1, 0.15) is 0 Å². The summed E-state index contributed by atoms with van der Waals surface area (Å²) in [5.41, 5.74) is 0. The molecular formula is C10H15NO3. The first kappa shape index (κ1) is 10.8. The molecule has 0 spiro atoms. The quantitative estimate of drug-likeness (QED) is 0.659. The highest BCUT2D eigenvalue weighted by atomic mass is 16.4. The standard InChI is InChI=1S/C10H15NO3/c1-7(8-3-2-4-8)11-9(12)5-6-10(13)14/h5-8H,2-4H2,1H3,(H,11,12)(H,13,14)/b6-5+. The second-order valence-corrected chi connectivity index (χ2v) is 3.66. The van der Waals surface area contributed by atoms with Gasteiger partial charge >= 0.3 is 5.97 Å². The molecule has 1 aliphatic carbocycles. The molecule has 1 amide bonds. The van der Waals surface area contributed by atoms with Gasteiger partial charge in [-0.1, -0.05) is 6.42 Å². The fourth-order valence-corrected chi connectivity index (χ4v) is 1.48. The van der Waals surface area contributed by atoms with Gasteiger partial charge < -0.3 is 10.4 Å². The smallest absolute Gasteiger partial charge is 0.328 e. The van der Waals surface area contributed by atoms with Gasteiger partial charge in [0.2, 0.25) is 5.91 Å². The molecule has 1 fully saturated rings. The zero-order valence-electron chi connectivity index (χ0n) is 8.19. The van der Waals surface area contributed by atoms with Gasteiger partial charge in [-0.05, 0) is 25.7 Å². The summed E-state index contributed by atoms with van der Waals surface area (Å²) in [5, 5.41) is 11.0. The zero-order valence-corrected chi connectivity index (χ0v) is 8.19. The average molecular weight is 197 g/mol. The topological polar surface area (TPSA) is 66.4 Å². The third kappa shape index (κ3) is 3.20. The Kier molecular flexibility index (Phi) is 3.68. The minimum atomic E-state index is -1.10. The van der Waals surface area contributed by atoms with Gasteiger partial charge in [0.15, 0.2) is 0 Å². The molecule has 4 heteroatoms. The molecule has 78 valence electrons. The van der Waals surface area contributed by atoms with E-state index in [4.69, 9.17) is 5.11 Å². The van der Waals surface area contributed by atoms with Crippen molar-refractivity contribution >= 4 is 11.9 Å². The highest BCUT2D eigenvalue weighted by molar-refractivity contribution is 5.93. The van der Waals surface area contributed by atoms with E-state index in [1.54, 1.807) is 0 Å². The van der Waals surface area contributed by atoms with E-state index in [1.807, 2.05) is 6.92 Å². The Labute approximate surface area is 83.0 Å². The lowest BCUT2D eigenvalue weighted by atomic mass is 9.80. The van der Waals surface area contributed by atoms with Crippen LogP contribution in [0, 0.1) is 5.92 Å². The summed E-state index contributed by atoms with van der Waals surface area (Å²) >= 11 is 0. The van der Waals surface area contributed by atoms with E-state index in [0.29, 0.717) is 5.92 Å². The summed E-state index contributed by atoms with van der Waals surface area (Å²) in [6.07, 6.45) is 5.45. The molecule has 1 atom stereocenters. The Hall–Kier alpha value is -1.32. The maximum Gasteiger partial charge on any atom is 0.328 e. The van der Waals surface area contributed by atoms with Crippen LogP contribution in [0.3, 0.4) is 0 Å². The van der Waals surface area contributed by atoms with Crippen molar-refractivity contribution < 1.29 is 14.7 Å². The van der Waals surface area contributed by atoms with Gasteiger partial charge in [-0.3, -0.25) is 4.79 Å². The van der Waals surface area contributed by atoms with E-state index in [2.05, 4.69) is 5.32 Å². The molecule has 4 nitrogen and oxygen atoms in total. The van der Waals surface area contributed by atoms with Crippen LogP contribution in [0.2, 0.25) is 0 Å². The highest BCUT2D eigenvalue weighted by Gasteiger charge is 2.24. The van der Waals surface area contributed by atoms with Crippen LogP contribution >= 0.6 is 0 Å². The fraction of sp³-hybridized carbons (Fsp3) is 0.600. The average Bonchev–Trinajstić information content (AvgIpc) is 1.97. The molecule has 0 aromatic rings. The van der Waals surface area contributed by atoms with E-state index in [-0.39, 0.29) is 11.9 Å².